The predicted molar refractivity (Wildman–Crippen MR) is 112 cm³/mol. The maximum Gasteiger partial charge on any atom is 0.269 e. The molecule has 0 bridgehead atoms. The molecule has 28 heavy (non-hydrogen) atoms. The van der Waals surface area contributed by atoms with Crippen molar-refractivity contribution in [2.24, 2.45) is 0 Å². The van der Waals surface area contributed by atoms with E-state index in [1.54, 1.807) is 23.9 Å². The van der Waals surface area contributed by atoms with Crippen LogP contribution in [-0.4, -0.2) is 15.1 Å². The van der Waals surface area contributed by atoms with Crippen LogP contribution >= 0.6 is 11.8 Å². The van der Waals surface area contributed by atoms with Crippen LogP contribution in [0.2, 0.25) is 0 Å². The molecular weight excluding hydrogens is 370 g/mol. The minimum atomic E-state index is -0.370. The number of hydrogen-bond donors (Lipinski definition) is 0. The molecule has 1 aromatic heterocycles. The fourth-order valence-corrected chi connectivity index (χ4v) is 4.11. The number of thioether (sulfide) groups is 1. The number of aromatic nitrogens is 2. The van der Waals surface area contributed by atoms with Gasteiger partial charge in [0.25, 0.3) is 5.69 Å². The lowest BCUT2D eigenvalue weighted by Crippen LogP contribution is -1.96. The van der Waals surface area contributed by atoms with Gasteiger partial charge >= 0.3 is 0 Å². The average Bonchev–Trinajstić information content (AvgIpc) is 2.74. The summed E-state index contributed by atoms with van der Waals surface area (Å²) in [5, 5.41) is 22.9. The van der Waals surface area contributed by atoms with Crippen LogP contribution in [0.3, 0.4) is 0 Å². The Hall–Kier alpha value is -3.25. The van der Waals surface area contributed by atoms with Crippen LogP contribution in [0.15, 0.2) is 83.9 Å². The molecule has 0 aliphatic heterocycles. The van der Waals surface area contributed by atoms with Crippen molar-refractivity contribution in [2.45, 2.75) is 17.2 Å². The molecule has 1 heterocycles. The topological polar surface area (TPSA) is 68.9 Å². The summed E-state index contributed by atoms with van der Waals surface area (Å²) < 4.78 is 0. The van der Waals surface area contributed by atoms with Crippen molar-refractivity contribution in [1.82, 2.24) is 10.2 Å². The standard InChI is InChI=1S/C22H17N3O2S/c1-15(17-10-7-11-18(14-17)25(26)27)28-22-20-13-6-5-12-19(20)21(23-24-22)16-8-3-2-4-9-16/h2-15H,1H3/t15-/m1/s1. The molecule has 0 amide bonds. The molecule has 0 fully saturated rings. The van der Waals surface area contributed by atoms with E-state index < -0.39 is 0 Å². The van der Waals surface area contributed by atoms with Gasteiger partial charge in [0.15, 0.2) is 0 Å². The Kier molecular flexibility index (Phi) is 5.04. The lowest BCUT2D eigenvalue weighted by Gasteiger charge is -2.13. The molecule has 0 N–H and O–H groups in total. The maximum absolute atomic E-state index is 11.1. The van der Waals surface area contributed by atoms with E-state index in [2.05, 4.69) is 16.3 Å². The van der Waals surface area contributed by atoms with Crippen LogP contribution in [0.4, 0.5) is 5.69 Å². The Morgan fingerprint density at radius 2 is 1.61 bits per heavy atom. The molecule has 4 rings (SSSR count). The van der Waals surface area contributed by atoms with Gasteiger partial charge in [-0.3, -0.25) is 10.1 Å². The Labute approximate surface area is 166 Å². The fourth-order valence-electron chi connectivity index (χ4n) is 3.10. The summed E-state index contributed by atoms with van der Waals surface area (Å²) in [6, 6.07) is 24.8. The molecular formula is C22H17N3O2S. The normalized spacial score (nSPS) is 12.0. The zero-order valence-corrected chi connectivity index (χ0v) is 16.0. The fraction of sp³-hybridized carbons (Fsp3) is 0.0909. The van der Waals surface area contributed by atoms with E-state index in [1.807, 2.05) is 61.5 Å². The first-order valence-corrected chi connectivity index (χ1v) is 9.73. The van der Waals surface area contributed by atoms with E-state index in [9.17, 15) is 10.1 Å². The van der Waals surface area contributed by atoms with E-state index >= 15 is 0 Å². The number of rotatable bonds is 5. The smallest absolute Gasteiger partial charge is 0.258 e. The molecule has 0 radical (unpaired) electrons. The molecule has 0 saturated heterocycles. The number of non-ortho nitro benzene ring substituents is 1. The van der Waals surface area contributed by atoms with Crippen LogP contribution in [0, 0.1) is 10.1 Å². The van der Waals surface area contributed by atoms with Crippen LogP contribution in [-0.2, 0) is 0 Å². The van der Waals surface area contributed by atoms with Crippen LogP contribution < -0.4 is 0 Å². The van der Waals surface area contributed by atoms with E-state index in [0.29, 0.717) is 0 Å². The molecule has 4 aromatic rings. The molecule has 6 heteroatoms. The molecule has 0 saturated carbocycles. The van der Waals surface area contributed by atoms with Crippen molar-refractivity contribution in [3.05, 3.63) is 94.5 Å². The third kappa shape index (κ3) is 3.59. The van der Waals surface area contributed by atoms with Gasteiger partial charge in [-0.1, -0.05) is 78.5 Å². The SMILES string of the molecule is C[C@@H](Sc1nnc(-c2ccccc2)c2ccccc12)c1cccc([N+](=O)[O-])c1. The largest absolute Gasteiger partial charge is 0.269 e. The maximum atomic E-state index is 11.1. The van der Waals surface area contributed by atoms with E-state index in [-0.39, 0.29) is 15.9 Å². The number of nitro benzene ring substituents is 1. The van der Waals surface area contributed by atoms with Crippen molar-refractivity contribution in [3.8, 4) is 11.3 Å². The minimum Gasteiger partial charge on any atom is -0.258 e. The van der Waals surface area contributed by atoms with Gasteiger partial charge in [-0.25, -0.2) is 0 Å². The number of hydrogen-bond acceptors (Lipinski definition) is 5. The number of nitro groups is 1. The van der Waals surface area contributed by atoms with Crippen molar-refractivity contribution < 1.29 is 4.92 Å². The second kappa shape index (κ2) is 7.78. The monoisotopic (exact) mass is 387 g/mol. The highest BCUT2D eigenvalue weighted by molar-refractivity contribution is 7.99. The Morgan fingerprint density at radius 3 is 2.36 bits per heavy atom. The van der Waals surface area contributed by atoms with Gasteiger partial charge in [0, 0.05) is 33.7 Å². The van der Waals surface area contributed by atoms with Gasteiger partial charge in [-0.05, 0) is 12.5 Å². The predicted octanol–water partition coefficient (Wildman–Crippen LogP) is 6.06. The summed E-state index contributed by atoms with van der Waals surface area (Å²) in [5.74, 6) is 0. The van der Waals surface area contributed by atoms with Gasteiger partial charge in [-0.2, -0.15) is 0 Å². The number of fused-ring (bicyclic) bond motifs is 1. The third-order valence-electron chi connectivity index (χ3n) is 4.54. The van der Waals surface area contributed by atoms with Crippen molar-refractivity contribution in [2.75, 3.05) is 0 Å². The summed E-state index contributed by atoms with van der Waals surface area (Å²) in [5.41, 5.74) is 2.86. The second-order valence-corrected chi connectivity index (χ2v) is 7.71. The van der Waals surface area contributed by atoms with Gasteiger partial charge in [0.1, 0.15) is 10.7 Å². The molecule has 138 valence electrons. The first kappa shape index (κ1) is 18.1. The number of nitrogens with zero attached hydrogens (tertiary/aromatic N) is 3. The third-order valence-corrected chi connectivity index (χ3v) is 5.69. The summed E-state index contributed by atoms with van der Waals surface area (Å²) in [4.78, 5) is 10.7. The van der Waals surface area contributed by atoms with Crippen molar-refractivity contribution >= 4 is 28.2 Å². The summed E-state index contributed by atoms with van der Waals surface area (Å²) >= 11 is 1.55. The van der Waals surface area contributed by atoms with Gasteiger partial charge in [-0.15, -0.1) is 10.2 Å². The van der Waals surface area contributed by atoms with Gasteiger partial charge < -0.3 is 0 Å². The zero-order valence-electron chi connectivity index (χ0n) is 15.1. The van der Waals surface area contributed by atoms with Crippen molar-refractivity contribution in [3.63, 3.8) is 0 Å². The van der Waals surface area contributed by atoms with E-state index in [0.717, 1.165) is 32.6 Å². The Morgan fingerprint density at radius 1 is 0.893 bits per heavy atom. The Bertz CT molecular complexity index is 1150. The van der Waals surface area contributed by atoms with Crippen LogP contribution in [0.25, 0.3) is 22.0 Å². The summed E-state index contributed by atoms with van der Waals surface area (Å²) in [6.07, 6.45) is 0. The molecule has 0 aliphatic carbocycles. The van der Waals surface area contributed by atoms with Gasteiger partial charge in [0.2, 0.25) is 0 Å². The molecule has 0 spiro atoms. The second-order valence-electron chi connectivity index (χ2n) is 6.38. The molecule has 0 unspecified atom stereocenters. The van der Waals surface area contributed by atoms with Crippen LogP contribution in [0.1, 0.15) is 17.7 Å². The Balaban J connectivity index is 1.72. The summed E-state index contributed by atoms with van der Waals surface area (Å²) in [7, 11) is 0. The average molecular weight is 387 g/mol. The highest BCUT2D eigenvalue weighted by atomic mass is 32.2. The highest BCUT2D eigenvalue weighted by Crippen LogP contribution is 2.39. The van der Waals surface area contributed by atoms with E-state index in [1.165, 1.54) is 6.07 Å². The first-order chi connectivity index (χ1) is 13.6. The van der Waals surface area contributed by atoms with Crippen molar-refractivity contribution in [1.29, 1.82) is 0 Å². The minimum absolute atomic E-state index is 0.000168. The molecule has 1 atom stereocenters. The van der Waals surface area contributed by atoms with E-state index in [4.69, 9.17) is 0 Å². The lowest BCUT2D eigenvalue weighted by molar-refractivity contribution is -0.384. The lowest BCUT2D eigenvalue weighted by atomic mass is 10.1. The zero-order chi connectivity index (χ0) is 19.5. The van der Waals surface area contributed by atoms with Gasteiger partial charge in [0.05, 0.1) is 4.92 Å². The quantitative estimate of drug-likeness (QED) is 0.236. The summed E-state index contributed by atoms with van der Waals surface area (Å²) in [6.45, 7) is 2.02. The molecule has 5 nitrogen and oxygen atoms in total. The van der Waals surface area contributed by atoms with Crippen LogP contribution in [0.5, 0.6) is 0 Å². The molecule has 3 aromatic carbocycles. The first-order valence-electron chi connectivity index (χ1n) is 8.85. The molecule has 0 aliphatic rings. The number of benzene rings is 3. The highest BCUT2D eigenvalue weighted by Gasteiger charge is 2.16.